The molecule has 4 rings (SSSR count). The lowest BCUT2D eigenvalue weighted by atomic mass is 9.99. The zero-order valence-electron chi connectivity index (χ0n) is 16.7. The molecule has 0 radical (unpaired) electrons. The summed E-state index contributed by atoms with van der Waals surface area (Å²) < 4.78 is 16.1. The van der Waals surface area contributed by atoms with Gasteiger partial charge < -0.3 is 54.7 Å². The number of phenols is 3. The summed E-state index contributed by atoms with van der Waals surface area (Å²) >= 11 is 0. The van der Waals surface area contributed by atoms with Gasteiger partial charge in [0.05, 0.1) is 6.61 Å². The first-order valence-corrected chi connectivity index (χ1v) is 9.64. The average Bonchev–Trinajstić information content (AvgIpc) is 2.77. The standard InChI is InChI=1S/C21H20O12/c22-6-13-15(26)17(28)19(30)21(33-13)32-11-2-1-7(3-9(11)24)20-18(29)16(27)14-10(25)4-8(23)5-12(14)31-20/h1-5,13,15,17,19,21-26,28-30H,6H2/t13-,15-,17-,19+,21-/m1/s1. The lowest BCUT2D eigenvalue weighted by molar-refractivity contribution is -0.277. The second-order valence-corrected chi connectivity index (χ2v) is 7.44. The number of ether oxygens (including phenoxy) is 2. The molecule has 5 atom stereocenters. The minimum atomic E-state index is -1.70. The van der Waals surface area contributed by atoms with Crippen LogP contribution in [0.4, 0.5) is 0 Å². The molecule has 0 unspecified atom stereocenters. The van der Waals surface area contributed by atoms with Crippen LogP contribution in [0.1, 0.15) is 0 Å². The third kappa shape index (κ3) is 3.90. The molecule has 0 aliphatic carbocycles. The fraction of sp³-hybridized carbons (Fsp3) is 0.286. The van der Waals surface area contributed by atoms with E-state index in [4.69, 9.17) is 13.9 Å². The molecule has 176 valence electrons. The van der Waals surface area contributed by atoms with Crippen molar-refractivity contribution in [2.75, 3.05) is 6.61 Å². The van der Waals surface area contributed by atoms with Crippen molar-refractivity contribution < 1.29 is 54.7 Å². The number of rotatable bonds is 4. The van der Waals surface area contributed by atoms with E-state index in [2.05, 4.69) is 0 Å². The van der Waals surface area contributed by atoms with Crippen molar-refractivity contribution in [3.63, 3.8) is 0 Å². The maximum atomic E-state index is 12.5. The highest BCUT2D eigenvalue weighted by molar-refractivity contribution is 5.88. The number of benzene rings is 2. The van der Waals surface area contributed by atoms with E-state index in [0.717, 1.165) is 18.2 Å². The number of hydrogen-bond acceptors (Lipinski definition) is 12. The SMILES string of the molecule is O=c1c(O)c(-c2ccc(O[C@@H]3O[C@H](CO)[C@@H](O)[C@@H](O)[C@@H]3O)c(O)c2)oc2cc(O)cc(O)c12. The van der Waals surface area contributed by atoms with Gasteiger partial charge in [-0.05, 0) is 18.2 Å². The third-order valence-corrected chi connectivity index (χ3v) is 5.25. The first kappa shape index (κ1) is 22.6. The highest BCUT2D eigenvalue weighted by Gasteiger charge is 2.45. The summed E-state index contributed by atoms with van der Waals surface area (Å²) in [7, 11) is 0. The largest absolute Gasteiger partial charge is 0.508 e. The van der Waals surface area contributed by atoms with E-state index < -0.39 is 60.0 Å². The van der Waals surface area contributed by atoms with E-state index in [1.54, 1.807) is 0 Å². The van der Waals surface area contributed by atoms with Gasteiger partial charge in [0.2, 0.25) is 17.5 Å². The second kappa shape index (κ2) is 8.42. The smallest absolute Gasteiger partial charge is 0.238 e. The van der Waals surface area contributed by atoms with E-state index in [0.29, 0.717) is 0 Å². The Labute approximate surface area is 184 Å². The zero-order valence-corrected chi connectivity index (χ0v) is 16.7. The van der Waals surface area contributed by atoms with Crippen LogP contribution >= 0.6 is 0 Å². The van der Waals surface area contributed by atoms with Crippen LogP contribution in [0.25, 0.3) is 22.3 Å². The molecule has 2 aromatic carbocycles. The Bertz CT molecular complexity index is 1250. The van der Waals surface area contributed by atoms with Crippen molar-refractivity contribution in [3.8, 4) is 40.1 Å². The Morgan fingerprint density at radius 1 is 0.909 bits per heavy atom. The third-order valence-electron chi connectivity index (χ3n) is 5.25. The molecule has 12 heteroatoms. The fourth-order valence-corrected chi connectivity index (χ4v) is 3.52. The molecule has 12 nitrogen and oxygen atoms in total. The molecule has 1 aliphatic heterocycles. The van der Waals surface area contributed by atoms with Crippen molar-refractivity contribution in [1.29, 1.82) is 0 Å². The molecule has 0 spiro atoms. The maximum Gasteiger partial charge on any atom is 0.238 e. The predicted octanol–water partition coefficient (Wildman–Crippen LogP) is -0.539. The van der Waals surface area contributed by atoms with Crippen LogP contribution in [0.3, 0.4) is 0 Å². The van der Waals surface area contributed by atoms with Gasteiger partial charge in [0.25, 0.3) is 0 Å². The maximum absolute atomic E-state index is 12.5. The minimum Gasteiger partial charge on any atom is -0.508 e. The van der Waals surface area contributed by atoms with Gasteiger partial charge >= 0.3 is 0 Å². The van der Waals surface area contributed by atoms with Crippen molar-refractivity contribution in [3.05, 3.63) is 40.6 Å². The normalized spacial score (nSPS) is 25.3. The van der Waals surface area contributed by atoms with Crippen LogP contribution in [-0.2, 0) is 4.74 Å². The summed E-state index contributed by atoms with van der Waals surface area (Å²) in [5, 5.41) is 78.8. The van der Waals surface area contributed by atoms with Crippen LogP contribution in [0.15, 0.2) is 39.5 Å². The molecule has 33 heavy (non-hydrogen) atoms. The molecule has 3 aromatic rings. The first-order chi connectivity index (χ1) is 15.6. The summed E-state index contributed by atoms with van der Waals surface area (Å²) in [6, 6.07) is 5.51. The van der Waals surface area contributed by atoms with Crippen LogP contribution in [0.2, 0.25) is 0 Å². The summed E-state index contributed by atoms with van der Waals surface area (Å²) in [5.74, 6) is -2.97. The molecule has 1 fully saturated rings. The molecule has 1 aromatic heterocycles. The van der Waals surface area contributed by atoms with Gasteiger partial charge in [0, 0.05) is 17.7 Å². The Morgan fingerprint density at radius 2 is 1.64 bits per heavy atom. The lowest BCUT2D eigenvalue weighted by Crippen LogP contribution is -2.60. The number of hydrogen-bond donors (Lipinski definition) is 8. The van der Waals surface area contributed by atoms with E-state index in [-0.39, 0.29) is 33.8 Å². The number of fused-ring (bicyclic) bond motifs is 1. The molecule has 8 N–H and O–H groups in total. The zero-order chi connectivity index (χ0) is 24.0. The van der Waals surface area contributed by atoms with Gasteiger partial charge in [0.1, 0.15) is 46.9 Å². The highest BCUT2D eigenvalue weighted by Crippen LogP contribution is 2.39. The van der Waals surface area contributed by atoms with Gasteiger partial charge in [-0.3, -0.25) is 4.79 Å². The minimum absolute atomic E-state index is 0.0213. The monoisotopic (exact) mass is 464 g/mol. The van der Waals surface area contributed by atoms with Crippen LogP contribution in [0, 0.1) is 0 Å². The average molecular weight is 464 g/mol. The van der Waals surface area contributed by atoms with Crippen LogP contribution < -0.4 is 10.2 Å². The second-order valence-electron chi connectivity index (χ2n) is 7.44. The first-order valence-electron chi connectivity index (χ1n) is 9.64. The molecular formula is C21H20O12. The van der Waals surface area contributed by atoms with E-state index in [1.165, 1.54) is 12.1 Å². The molecule has 2 heterocycles. The number of aliphatic hydroxyl groups is 4. The van der Waals surface area contributed by atoms with Crippen LogP contribution in [0.5, 0.6) is 28.7 Å². The Hall–Kier alpha value is -3.55. The van der Waals surface area contributed by atoms with Gasteiger partial charge in [0.15, 0.2) is 17.3 Å². The van der Waals surface area contributed by atoms with Crippen molar-refractivity contribution in [1.82, 2.24) is 0 Å². The van der Waals surface area contributed by atoms with Crippen molar-refractivity contribution in [2.24, 2.45) is 0 Å². The van der Waals surface area contributed by atoms with Gasteiger partial charge in [-0.2, -0.15) is 0 Å². The highest BCUT2D eigenvalue weighted by atomic mass is 16.7. The molecule has 1 saturated heterocycles. The Kier molecular flexibility index (Phi) is 5.78. The number of phenolic OH excluding ortho intramolecular Hbond substituents is 3. The quantitative estimate of drug-likeness (QED) is 0.245. The van der Waals surface area contributed by atoms with Crippen molar-refractivity contribution in [2.45, 2.75) is 30.7 Å². The molecule has 0 bridgehead atoms. The number of aromatic hydroxyl groups is 4. The van der Waals surface area contributed by atoms with Gasteiger partial charge in [-0.25, -0.2) is 0 Å². The lowest BCUT2D eigenvalue weighted by Gasteiger charge is -2.39. The Morgan fingerprint density at radius 3 is 2.30 bits per heavy atom. The fourth-order valence-electron chi connectivity index (χ4n) is 3.52. The Balaban J connectivity index is 1.68. The number of aliphatic hydroxyl groups excluding tert-OH is 4. The van der Waals surface area contributed by atoms with E-state index in [1.807, 2.05) is 0 Å². The molecular weight excluding hydrogens is 444 g/mol. The van der Waals surface area contributed by atoms with Crippen LogP contribution in [-0.4, -0.2) is 78.2 Å². The van der Waals surface area contributed by atoms with E-state index in [9.17, 15) is 45.6 Å². The molecule has 0 saturated carbocycles. The van der Waals surface area contributed by atoms with E-state index >= 15 is 0 Å². The summed E-state index contributed by atoms with van der Waals surface area (Å²) in [6.45, 7) is -0.666. The summed E-state index contributed by atoms with van der Waals surface area (Å²) in [5.41, 5.74) is -1.16. The summed E-state index contributed by atoms with van der Waals surface area (Å²) in [4.78, 5) is 12.5. The molecule has 0 amide bonds. The van der Waals surface area contributed by atoms with Crippen molar-refractivity contribution >= 4 is 11.0 Å². The molecule has 1 aliphatic rings. The topological polar surface area (TPSA) is 211 Å². The van der Waals surface area contributed by atoms with Gasteiger partial charge in [-0.1, -0.05) is 0 Å². The predicted molar refractivity (Wildman–Crippen MR) is 109 cm³/mol. The summed E-state index contributed by atoms with van der Waals surface area (Å²) in [6.07, 6.45) is -7.73. The van der Waals surface area contributed by atoms with Gasteiger partial charge in [-0.15, -0.1) is 0 Å².